The van der Waals surface area contributed by atoms with Crippen molar-refractivity contribution in [1.82, 2.24) is 14.1 Å². The molecule has 0 radical (unpaired) electrons. The van der Waals surface area contributed by atoms with Gasteiger partial charge in [0, 0.05) is 49.5 Å². The molecule has 0 aliphatic carbocycles. The molecule has 0 saturated heterocycles. The lowest BCUT2D eigenvalue weighted by Crippen LogP contribution is -2.16. The van der Waals surface area contributed by atoms with Gasteiger partial charge in [-0.1, -0.05) is 12.1 Å². The minimum absolute atomic E-state index is 0.230. The van der Waals surface area contributed by atoms with E-state index in [0.717, 1.165) is 11.1 Å². The molecule has 9 heteroatoms. The first-order valence-electron chi connectivity index (χ1n) is 7.99. The summed E-state index contributed by atoms with van der Waals surface area (Å²) in [6.45, 7) is 0. The van der Waals surface area contributed by atoms with Crippen molar-refractivity contribution in [2.24, 2.45) is 14.1 Å². The number of carbonyl (C=O) groups is 2. The summed E-state index contributed by atoms with van der Waals surface area (Å²) >= 11 is 5.51. The van der Waals surface area contributed by atoms with E-state index in [-0.39, 0.29) is 11.7 Å². The fourth-order valence-electron chi connectivity index (χ4n) is 2.69. The smallest absolute Gasteiger partial charge is 0.354 e. The predicted molar refractivity (Wildman–Crippen MR) is 103 cm³/mol. The second-order valence-corrected chi connectivity index (χ2v) is 6.09. The van der Waals surface area contributed by atoms with Crippen molar-refractivity contribution in [3.05, 3.63) is 54.2 Å². The number of anilines is 2. The Morgan fingerprint density at radius 3 is 2.37 bits per heavy atom. The molecular weight excluding hydrogens is 370 g/mol. The highest BCUT2D eigenvalue weighted by Crippen LogP contribution is 2.24. The lowest BCUT2D eigenvalue weighted by atomic mass is 10.1. The average Bonchev–Trinajstić information content (AvgIpc) is 3.24. The molecule has 140 valence electrons. The summed E-state index contributed by atoms with van der Waals surface area (Å²) in [5.74, 6) is -0.122. The summed E-state index contributed by atoms with van der Waals surface area (Å²) < 4.78 is 8.05. The summed E-state index contributed by atoms with van der Waals surface area (Å²) in [7, 11) is 4.83. The molecule has 0 unspecified atom stereocenters. The maximum atomic E-state index is 12.4. The molecule has 0 fully saturated rings. The van der Waals surface area contributed by atoms with Gasteiger partial charge in [0.15, 0.2) is 5.82 Å². The number of hydrogen-bond acceptors (Lipinski definition) is 5. The third kappa shape index (κ3) is 3.80. The van der Waals surface area contributed by atoms with Gasteiger partial charge in [0.2, 0.25) is 5.82 Å². The third-order valence-electron chi connectivity index (χ3n) is 4.05. The number of hydrogen-bond donors (Lipinski definition) is 2. The highest BCUT2D eigenvalue weighted by molar-refractivity contribution is 6.23. The van der Waals surface area contributed by atoms with Crippen molar-refractivity contribution in [1.29, 1.82) is 0 Å². The van der Waals surface area contributed by atoms with E-state index in [0.29, 0.717) is 17.2 Å². The molecule has 0 saturated carbocycles. The highest BCUT2D eigenvalue weighted by atomic mass is 35.5. The van der Waals surface area contributed by atoms with Crippen molar-refractivity contribution in [2.75, 3.05) is 17.3 Å². The minimum atomic E-state index is -0.395. The van der Waals surface area contributed by atoms with Gasteiger partial charge >= 0.3 is 5.97 Å². The Morgan fingerprint density at radius 1 is 1.07 bits per heavy atom. The van der Waals surface area contributed by atoms with Gasteiger partial charge in [-0.25, -0.2) is 9.78 Å². The Hall–Kier alpha value is -3.26. The van der Waals surface area contributed by atoms with Gasteiger partial charge in [0.25, 0.3) is 5.91 Å². The van der Waals surface area contributed by atoms with Gasteiger partial charge in [0.1, 0.15) is 5.69 Å². The molecule has 0 atom stereocenters. The Balaban J connectivity index is 1.76. The van der Waals surface area contributed by atoms with Crippen molar-refractivity contribution < 1.29 is 14.3 Å². The molecule has 2 heterocycles. The monoisotopic (exact) mass is 387 g/mol. The highest BCUT2D eigenvalue weighted by Gasteiger charge is 2.15. The molecule has 8 nitrogen and oxygen atoms in total. The number of rotatable bonds is 5. The zero-order chi connectivity index (χ0) is 19.6. The molecule has 2 aromatic heterocycles. The number of amides is 1. The van der Waals surface area contributed by atoms with Crippen LogP contribution in [0.5, 0.6) is 0 Å². The zero-order valence-electron chi connectivity index (χ0n) is 15.0. The number of nitrogens with one attached hydrogen (secondary N) is 2. The van der Waals surface area contributed by atoms with Crippen LogP contribution in [0.25, 0.3) is 11.1 Å². The maximum absolute atomic E-state index is 12.4. The Labute approximate surface area is 160 Å². The molecular formula is C18H18ClN5O3. The van der Waals surface area contributed by atoms with Gasteiger partial charge in [-0.05, 0) is 23.8 Å². The first-order valence-corrected chi connectivity index (χ1v) is 8.37. The van der Waals surface area contributed by atoms with E-state index >= 15 is 0 Å². The minimum Gasteiger partial charge on any atom is -0.464 e. The predicted octanol–water partition coefficient (Wildman–Crippen LogP) is 3.03. The first kappa shape index (κ1) is 18.5. The van der Waals surface area contributed by atoms with Gasteiger partial charge < -0.3 is 19.2 Å². The van der Waals surface area contributed by atoms with Crippen LogP contribution in [0.4, 0.5) is 11.5 Å². The van der Waals surface area contributed by atoms with Crippen LogP contribution in [0.3, 0.4) is 0 Å². The molecule has 1 aromatic carbocycles. The largest absolute Gasteiger partial charge is 0.464 e. The average molecular weight is 388 g/mol. The van der Waals surface area contributed by atoms with Gasteiger partial charge in [0.05, 0.1) is 7.11 Å². The van der Waals surface area contributed by atoms with E-state index in [4.69, 9.17) is 16.5 Å². The van der Waals surface area contributed by atoms with E-state index in [1.807, 2.05) is 18.3 Å². The SMILES string of the molecule is COC(=O)c1cc(-c2ccc(NC(=O)c3nc(NCl)cn3C)cc2)cn1C. The zero-order valence-corrected chi connectivity index (χ0v) is 15.7. The summed E-state index contributed by atoms with van der Waals surface area (Å²) in [5, 5.41) is 2.79. The van der Waals surface area contributed by atoms with Crippen LogP contribution in [0.1, 0.15) is 21.1 Å². The van der Waals surface area contributed by atoms with Gasteiger partial charge in [-0.2, -0.15) is 0 Å². The third-order valence-corrected chi connectivity index (χ3v) is 4.25. The molecule has 2 N–H and O–H groups in total. The number of nitrogens with zero attached hydrogens (tertiary/aromatic N) is 3. The summed E-state index contributed by atoms with van der Waals surface area (Å²) in [6, 6.07) is 9.03. The summed E-state index contributed by atoms with van der Waals surface area (Å²) in [5.41, 5.74) is 2.86. The van der Waals surface area contributed by atoms with E-state index in [1.165, 1.54) is 7.11 Å². The number of aryl methyl sites for hydroxylation is 2. The molecule has 0 aliphatic rings. The van der Waals surface area contributed by atoms with E-state index in [2.05, 4.69) is 15.1 Å². The molecule has 3 aromatic rings. The fourth-order valence-corrected chi connectivity index (χ4v) is 2.78. The molecule has 27 heavy (non-hydrogen) atoms. The number of ether oxygens (including phenoxy) is 1. The lowest BCUT2D eigenvalue weighted by molar-refractivity contribution is 0.0590. The molecule has 1 amide bonds. The molecule has 3 rings (SSSR count). The van der Waals surface area contributed by atoms with Crippen molar-refractivity contribution >= 4 is 35.2 Å². The van der Waals surface area contributed by atoms with Crippen molar-refractivity contribution in [3.63, 3.8) is 0 Å². The fraction of sp³-hybridized carbons (Fsp3) is 0.167. The Bertz CT molecular complexity index is 991. The van der Waals surface area contributed by atoms with Crippen LogP contribution in [0, 0.1) is 0 Å². The van der Waals surface area contributed by atoms with E-state index in [1.54, 1.807) is 47.6 Å². The van der Waals surface area contributed by atoms with Crippen molar-refractivity contribution in [3.8, 4) is 11.1 Å². The Kier molecular flexibility index (Phi) is 5.18. The molecule has 0 aliphatic heterocycles. The van der Waals surface area contributed by atoms with Crippen LogP contribution in [-0.4, -0.2) is 33.1 Å². The number of aromatic nitrogens is 3. The summed E-state index contributed by atoms with van der Waals surface area (Å²) in [4.78, 5) is 30.5. The Morgan fingerprint density at radius 2 is 1.78 bits per heavy atom. The van der Waals surface area contributed by atoms with Gasteiger partial charge in [-0.15, -0.1) is 0 Å². The normalized spacial score (nSPS) is 10.5. The van der Waals surface area contributed by atoms with Gasteiger partial charge in [-0.3, -0.25) is 9.63 Å². The topological polar surface area (TPSA) is 90.2 Å². The number of benzene rings is 1. The first-order chi connectivity index (χ1) is 12.9. The second kappa shape index (κ2) is 7.55. The number of halogens is 1. The number of carbonyl (C=O) groups excluding carboxylic acids is 2. The molecule has 0 bridgehead atoms. The number of esters is 1. The van der Waals surface area contributed by atoms with E-state index in [9.17, 15) is 9.59 Å². The van der Waals surface area contributed by atoms with Crippen LogP contribution in [0.15, 0.2) is 42.7 Å². The quantitative estimate of drug-likeness (QED) is 0.518. The number of methoxy groups -OCH3 is 1. The van der Waals surface area contributed by atoms with Crippen LogP contribution in [0.2, 0.25) is 0 Å². The number of imidazole rings is 1. The van der Waals surface area contributed by atoms with E-state index < -0.39 is 5.97 Å². The maximum Gasteiger partial charge on any atom is 0.354 e. The van der Waals surface area contributed by atoms with Crippen LogP contribution < -0.4 is 10.2 Å². The van der Waals surface area contributed by atoms with Crippen LogP contribution >= 0.6 is 11.8 Å². The molecule has 0 spiro atoms. The van der Waals surface area contributed by atoms with Crippen LogP contribution in [-0.2, 0) is 18.8 Å². The van der Waals surface area contributed by atoms with Crippen molar-refractivity contribution in [2.45, 2.75) is 0 Å². The standard InChI is InChI=1S/C18H18ClN5O3/c1-23-9-12(8-14(23)18(26)27-3)11-4-6-13(7-5-11)20-17(25)16-21-15(22-19)10-24(16)2/h4-10,22H,1-3H3,(H,20,25). The second-order valence-electron chi connectivity index (χ2n) is 5.90. The summed E-state index contributed by atoms with van der Waals surface area (Å²) in [6.07, 6.45) is 3.45. The lowest BCUT2D eigenvalue weighted by Gasteiger charge is -2.06.